The number of carbonyl (C=O) groups is 1. The lowest BCUT2D eigenvalue weighted by molar-refractivity contribution is -0.125. The number of nitrogens with one attached hydrogen (secondary N) is 1. The number of hydrogen-bond acceptors (Lipinski definition) is 3. The highest BCUT2D eigenvalue weighted by Gasteiger charge is 2.31. The van der Waals surface area contributed by atoms with E-state index in [4.69, 9.17) is 11.6 Å². The van der Waals surface area contributed by atoms with Crippen LogP contribution in [0.5, 0.6) is 0 Å². The van der Waals surface area contributed by atoms with Gasteiger partial charge in [0.05, 0.1) is 12.1 Å². The van der Waals surface area contributed by atoms with Crippen LogP contribution < -0.4 is 5.43 Å². The molecule has 0 spiro atoms. The number of allylic oxidation sites excluding steroid dienone is 2. The van der Waals surface area contributed by atoms with E-state index in [1.165, 1.54) is 5.57 Å². The first-order chi connectivity index (χ1) is 11.6. The van der Waals surface area contributed by atoms with Gasteiger partial charge >= 0.3 is 0 Å². The van der Waals surface area contributed by atoms with Gasteiger partial charge in [-0.05, 0) is 54.8 Å². The smallest absolute Gasteiger partial charge is 0.244 e. The number of rotatable bonds is 4. The Morgan fingerprint density at radius 3 is 2.83 bits per heavy atom. The summed E-state index contributed by atoms with van der Waals surface area (Å²) in [6.07, 6.45) is 5.46. The third-order valence-electron chi connectivity index (χ3n) is 4.29. The summed E-state index contributed by atoms with van der Waals surface area (Å²) in [4.78, 5) is 13.6. The van der Waals surface area contributed by atoms with Crippen LogP contribution in [-0.2, 0) is 4.79 Å². The average Bonchev–Trinajstić information content (AvgIpc) is 3.09. The zero-order chi connectivity index (χ0) is 16.9. The van der Waals surface area contributed by atoms with Crippen LogP contribution in [0.3, 0.4) is 0 Å². The minimum atomic E-state index is -0.115. The lowest BCUT2D eigenvalue weighted by atomic mass is 9.75. The molecule has 3 nitrogen and oxygen atoms in total. The number of hydrogen-bond donors (Lipinski definition) is 1. The van der Waals surface area contributed by atoms with Crippen LogP contribution in [0.2, 0.25) is 5.02 Å². The third-order valence-corrected chi connectivity index (χ3v) is 5.35. The largest absolute Gasteiger partial charge is 0.273 e. The molecular weight excluding hydrogens is 340 g/mol. The monoisotopic (exact) mass is 358 g/mol. The number of halogens is 1. The quantitative estimate of drug-likeness (QED) is 0.467. The first kappa shape index (κ1) is 16.9. The second-order valence-electron chi connectivity index (χ2n) is 6.00. The number of benzene rings is 1. The SMILES string of the molecule is CC1=CCC(C(=O)N/N=C/c2cccs2)C(c2ccc(Cl)cc2)C1. The summed E-state index contributed by atoms with van der Waals surface area (Å²) in [5.74, 6) is 0.00562. The van der Waals surface area contributed by atoms with E-state index >= 15 is 0 Å². The Kier molecular flexibility index (Phi) is 5.48. The number of amides is 1. The van der Waals surface area contributed by atoms with E-state index in [9.17, 15) is 4.79 Å². The minimum Gasteiger partial charge on any atom is -0.273 e. The van der Waals surface area contributed by atoms with Gasteiger partial charge in [-0.3, -0.25) is 4.79 Å². The summed E-state index contributed by atoms with van der Waals surface area (Å²) < 4.78 is 0. The van der Waals surface area contributed by atoms with Crippen molar-refractivity contribution in [1.29, 1.82) is 0 Å². The molecule has 0 radical (unpaired) electrons. The van der Waals surface area contributed by atoms with Crippen LogP contribution >= 0.6 is 22.9 Å². The molecule has 2 unspecified atom stereocenters. The first-order valence-corrected chi connectivity index (χ1v) is 9.17. The average molecular weight is 359 g/mol. The molecule has 124 valence electrons. The van der Waals surface area contributed by atoms with Gasteiger partial charge in [-0.15, -0.1) is 11.3 Å². The van der Waals surface area contributed by atoms with Gasteiger partial charge in [0.1, 0.15) is 0 Å². The molecule has 0 bridgehead atoms. The molecule has 0 fully saturated rings. The Balaban J connectivity index is 1.73. The standard InChI is InChI=1S/C19H19ClN2OS/c1-13-4-9-17(18(11-13)14-5-7-15(20)8-6-14)19(23)22-21-12-16-3-2-10-24-16/h2-8,10,12,17-18H,9,11H2,1H3,(H,22,23)/b21-12+. The van der Waals surface area contributed by atoms with Crippen molar-refractivity contribution in [2.45, 2.75) is 25.7 Å². The Bertz CT molecular complexity index is 750. The molecule has 1 aromatic heterocycles. The zero-order valence-electron chi connectivity index (χ0n) is 13.4. The fourth-order valence-corrected chi connectivity index (χ4v) is 3.73. The third kappa shape index (κ3) is 4.13. The maximum atomic E-state index is 12.6. The molecule has 1 aliphatic rings. The van der Waals surface area contributed by atoms with E-state index in [2.05, 4.69) is 23.5 Å². The lowest BCUT2D eigenvalue weighted by Gasteiger charge is -2.29. The topological polar surface area (TPSA) is 41.5 Å². The van der Waals surface area contributed by atoms with Crippen molar-refractivity contribution in [2.24, 2.45) is 11.0 Å². The molecule has 2 aromatic rings. The van der Waals surface area contributed by atoms with Crippen molar-refractivity contribution < 1.29 is 4.79 Å². The van der Waals surface area contributed by atoms with Crippen LogP contribution in [0.1, 0.15) is 36.1 Å². The van der Waals surface area contributed by atoms with Crippen molar-refractivity contribution >= 4 is 35.1 Å². The Labute approximate surface area is 151 Å². The molecule has 1 N–H and O–H groups in total. The van der Waals surface area contributed by atoms with Crippen LogP contribution in [0, 0.1) is 5.92 Å². The van der Waals surface area contributed by atoms with Crippen molar-refractivity contribution in [3.05, 3.63) is 68.9 Å². The van der Waals surface area contributed by atoms with Gasteiger partial charge in [-0.25, -0.2) is 5.43 Å². The lowest BCUT2D eigenvalue weighted by Crippen LogP contribution is -2.32. The van der Waals surface area contributed by atoms with Gasteiger partial charge in [-0.1, -0.05) is 41.4 Å². The summed E-state index contributed by atoms with van der Waals surface area (Å²) in [5, 5.41) is 6.79. The Hall–Kier alpha value is -1.91. The molecule has 0 aliphatic heterocycles. The van der Waals surface area contributed by atoms with Crippen molar-refractivity contribution in [3.8, 4) is 0 Å². The highest BCUT2D eigenvalue weighted by molar-refractivity contribution is 7.11. The summed E-state index contributed by atoms with van der Waals surface area (Å²) >= 11 is 7.57. The number of hydrazone groups is 1. The van der Waals surface area contributed by atoms with E-state index in [0.29, 0.717) is 5.02 Å². The number of nitrogens with zero attached hydrogens (tertiary/aromatic N) is 1. The van der Waals surface area contributed by atoms with Crippen LogP contribution in [0.15, 0.2) is 58.5 Å². The van der Waals surface area contributed by atoms with Gasteiger partial charge in [0.2, 0.25) is 5.91 Å². The van der Waals surface area contributed by atoms with Crippen molar-refractivity contribution in [2.75, 3.05) is 0 Å². The van der Waals surface area contributed by atoms with Gasteiger partial charge < -0.3 is 0 Å². The summed E-state index contributed by atoms with van der Waals surface area (Å²) in [7, 11) is 0. The molecule has 0 saturated heterocycles. The molecule has 3 rings (SSSR count). The molecule has 5 heteroatoms. The molecule has 1 amide bonds. The summed E-state index contributed by atoms with van der Waals surface area (Å²) in [6, 6.07) is 11.7. The molecule has 0 saturated carbocycles. The van der Waals surface area contributed by atoms with Gasteiger partial charge in [0, 0.05) is 9.90 Å². The number of thiophene rings is 1. The Morgan fingerprint density at radius 1 is 1.33 bits per heavy atom. The second kappa shape index (κ2) is 7.77. The van der Waals surface area contributed by atoms with E-state index < -0.39 is 0 Å². The minimum absolute atomic E-state index is 0.0356. The van der Waals surface area contributed by atoms with Crippen LogP contribution in [0.4, 0.5) is 0 Å². The molecule has 2 atom stereocenters. The highest BCUT2D eigenvalue weighted by Crippen LogP contribution is 2.38. The predicted octanol–water partition coefficient (Wildman–Crippen LogP) is 4.99. The zero-order valence-corrected chi connectivity index (χ0v) is 15.0. The van der Waals surface area contributed by atoms with Gasteiger partial charge in [-0.2, -0.15) is 5.10 Å². The van der Waals surface area contributed by atoms with E-state index in [0.717, 1.165) is 23.3 Å². The molecular formula is C19H19ClN2OS. The Morgan fingerprint density at radius 2 is 2.12 bits per heavy atom. The fraction of sp³-hybridized carbons (Fsp3) is 0.263. The molecule has 1 aromatic carbocycles. The molecule has 1 aliphatic carbocycles. The summed E-state index contributed by atoms with van der Waals surface area (Å²) in [6.45, 7) is 2.12. The summed E-state index contributed by atoms with van der Waals surface area (Å²) in [5.41, 5.74) is 5.17. The van der Waals surface area contributed by atoms with E-state index in [1.807, 2.05) is 41.8 Å². The maximum Gasteiger partial charge on any atom is 0.244 e. The first-order valence-electron chi connectivity index (χ1n) is 7.91. The second-order valence-corrected chi connectivity index (χ2v) is 7.42. The fourth-order valence-electron chi connectivity index (χ4n) is 3.02. The number of carbonyl (C=O) groups excluding carboxylic acids is 1. The van der Waals surface area contributed by atoms with Gasteiger partial charge in [0.25, 0.3) is 0 Å². The normalized spacial score (nSPS) is 20.8. The van der Waals surface area contributed by atoms with Crippen molar-refractivity contribution in [1.82, 2.24) is 5.43 Å². The predicted molar refractivity (Wildman–Crippen MR) is 101 cm³/mol. The van der Waals surface area contributed by atoms with Crippen molar-refractivity contribution in [3.63, 3.8) is 0 Å². The van der Waals surface area contributed by atoms with E-state index in [1.54, 1.807) is 17.6 Å². The van der Waals surface area contributed by atoms with E-state index in [-0.39, 0.29) is 17.7 Å². The molecule has 1 heterocycles. The maximum absolute atomic E-state index is 12.6. The highest BCUT2D eigenvalue weighted by atomic mass is 35.5. The van der Waals surface area contributed by atoms with Crippen LogP contribution in [-0.4, -0.2) is 12.1 Å². The van der Waals surface area contributed by atoms with Crippen LogP contribution in [0.25, 0.3) is 0 Å². The van der Waals surface area contributed by atoms with Gasteiger partial charge in [0.15, 0.2) is 0 Å². The molecule has 24 heavy (non-hydrogen) atoms.